The summed E-state index contributed by atoms with van der Waals surface area (Å²) in [6.45, 7) is 3.84. The van der Waals surface area contributed by atoms with Gasteiger partial charge in [-0.1, -0.05) is 89.7 Å². The van der Waals surface area contributed by atoms with E-state index in [1.165, 1.54) is 42.5 Å². The van der Waals surface area contributed by atoms with Gasteiger partial charge in [-0.2, -0.15) is 13.2 Å². The molecule has 33 heavy (non-hydrogen) atoms. The molecule has 0 aliphatic heterocycles. The largest absolute Gasteiger partial charge is 0.489 e. The van der Waals surface area contributed by atoms with Crippen LogP contribution >= 0.6 is 46.4 Å². The average molecular weight is 545 g/mol. The number of oxime groups is 1. The van der Waals surface area contributed by atoms with Gasteiger partial charge in [0.25, 0.3) is 0 Å². The van der Waals surface area contributed by atoms with Crippen LogP contribution in [0.15, 0.2) is 52.1 Å². The van der Waals surface area contributed by atoms with E-state index >= 15 is 0 Å². The summed E-state index contributed by atoms with van der Waals surface area (Å²) in [5, 5.41) is 3.68. The molecule has 2 rings (SSSR count). The highest BCUT2D eigenvalue weighted by molar-refractivity contribution is 6.55. The number of benzene rings is 2. The molecule has 0 aromatic heterocycles. The Hall–Kier alpha value is -1.80. The van der Waals surface area contributed by atoms with Crippen molar-refractivity contribution in [3.63, 3.8) is 0 Å². The molecule has 0 unspecified atom stereocenters. The van der Waals surface area contributed by atoms with Crippen molar-refractivity contribution in [1.82, 2.24) is 0 Å². The minimum absolute atomic E-state index is 0.0207. The number of hydrogen-bond acceptors (Lipinski definition) is 4. The standard InChI is InChI=1S/C22H20Cl4F3NO3/c1-13(2)11-33-30-21(22(27,28)29)15-5-3-14(4-6-15)12-32-20-17(23)9-16(10-18(20)24)31-8-7-19(25)26/h3-7,9-10,13H,8,11-12H2,1-2H3. The molecular weight excluding hydrogens is 525 g/mol. The van der Waals surface area contributed by atoms with Crippen molar-refractivity contribution in [2.45, 2.75) is 26.6 Å². The molecule has 0 saturated carbocycles. The SMILES string of the molecule is CC(C)CON=C(c1ccc(COc2c(Cl)cc(OCC=C(Cl)Cl)cc2Cl)cc1)C(F)(F)F. The number of halogens is 7. The summed E-state index contributed by atoms with van der Waals surface area (Å²) in [5.41, 5.74) is -0.640. The molecule has 0 spiro atoms. The second-order valence-corrected chi connectivity index (χ2v) is 8.96. The van der Waals surface area contributed by atoms with Gasteiger partial charge >= 0.3 is 6.18 Å². The first-order valence-electron chi connectivity index (χ1n) is 9.59. The molecule has 0 saturated heterocycles. The Morgan fingerprint density at radius 1 is 1.03 bits per heavy atom. The minimum atomic E-state index is -4.66. The van der Waals surface area contributed by atoms with E-state index in [4.69, 9.17) is 60.7 Å². The van der Waals surface area contributed by atoms with E-state index in [-0.39, 0.29) is 51.6 Å². The third kappa shape index (κ3) is 9.16. The Bertz CT molecular complexity index is 966. The first kappa shape index (κ1) is 27.4. The van der Waals surface area contributed by atoms with Crippen molar-refractivity contribution in [2.24, 2.45) is 11.1 Å². The number of hydrogen-bond donors (Lipinski definition) is 0. The van der Waals surface area contributed by atoms with Gasteiger partial charge in [0.1, 0.15) is 30.1 Å². The lowest BCUT2D eigenvalue weighted by Gasteiger charge is -2.14. The van der Waals surface area contributed by atoms with Crippen molar-refractivity contribution in [3.8, 4) is 11.5 Å². The summed E-state index contributed by atoms with van der Waals surface area (Å²) in [6, 6.07) is 8.57. The third-order valence-electron chi connectivity index (χ3n) is 3.90. The topological polar surface area (TPSA) is 40.0 Å². The van der Waals surface area contributed by atoms with Gasteiger partial charge in [-0.15, -0.1) is 0 Å². The molecule has 4 nitrogen and oxygen atoms in total. The predicted octanol–water partition coefficient (Wildman–Crippen LogP) is 8.21. The molecule has 0 atom stereocenters. The Morgan fingerprint density at radius 3 is 2.15 bits per heavy atom. The fourth-order valence-electron chi connectivity index (χ4n) is 2.39. The molecule has 2 aromatic rings. The minimum Gasteiger partial charge on any atom is -0.489 e. The van der Waals surface area contributed by atoms with Crippen LogP contribution in [-0.4, -0.2) is 25.1 Å². The van der Waals surface area contributed by atoms with Crippen LogP contribution in [0.4, 0.5) is 13.2 Å². The molecule has 11 heteroatoms. The van der Waals surface area contributed by atoms with Gasteiger partial charge in [0.2, 0.25) is 0 Å². The van der Waals surface area contributed by atoms with Gasteiger partial charge in [0.15, 0.2) is 11.5 Å². The van der Waals surface area contributed by atoms with Crippen molar-refractivity contribution in [3.05, 3.63) is 68.1 Å². The van der Waals surface area contributed by atoms with Crippen molar-refractivity contribution >= 4 is 52.1 Å². The molecule has 0 fully saturated rings. The summed E-state index contributed by atoms with van der Waals surface area (Å²) in [6.07, 6.45) is -3.21. The average Bonchev–Trinajstić information content (AvgIpc) is 2.70. The van der Waals surface area contributed by atoms with E-state index in [0.29, 0.717) is 11.3 Å². The molecule has 0 aliphatic rings. The van der Waals surface area contributed by atoms with E-state index in [1.54, 1.807) is 0 Å². The zero-order valence-electron chi connectivity index (χ0n) is 17.6. The monoisotopic (exact) mass is 543 g/mol. The molecule has 180 valence electrons. The van der Waals surface area contributed by atoms with Crippen LogP contribution in [0.1, 0.15) is 25.0 Å². The van der Waals surface area contributed by atoms with Crippen molar-refractivity contribution in [1.29, 1.82) is 0 Å². The fourth-order valence-corrected chi connectivity index (χ4v) is 3.09. The highest BCUT2D eigenvalue weighted by Gasteiger charge is 2.37. The summed E-state index contributed by atoms with van der Waals surface area (Å²) >= 11 is 23.5. The van der Waals surface area contributed by atoms with Crippen LogP contribution in [0.25, 0.3) is 0 Å². The van der Waals surface area contributed by atoms with Gasteiger partial charge in [0, 0.05) is 17.7 Å². The molecule has 0 aliphatic carbocycles. The van der Waals surface area contributed by atoms with Crippen LogP contribution in [0.3, 0.4) is 0 Å². The lowest BCUT2D eigenvalue weighted by molar-refractivity contribution is -0.0618. The molecule has 0 heterocycles. The summed E-state index contributed by atoms with van der Waals surface area (Å²) in [5.74, 6) is 0.634. The maximum absolute atomic E-state index is 13.3. The normalized spacial score (nSPS) is 12.0. The maximum atomic E-state index is 13.3. The highest BCUT2D eigenvalue weighted by Crippen LogP contribution is 2.37. The van der Waals surface area contributed by atoms with Gasteiger partial charge in [-0.25, -0.2) is 0 Å². The number of rotatable bonds is 10. The van der Waals surface area contributed by atoms with E-state index in [1.807, 2.05) is 13.8 Å². The second kappa shape index (κ2) is 12.6. The Morgan fingerprint density at radius 2 is 1.64 bits per heavy atom. The summed E-state index contributed by atoms with van der Waals surface area (Å²) < 4.78 is 51.2. The Kier molecular flexibility index (Phi) is 10.5. The molecule has 0 radical (unpaired) electrons. The lowest BCUT2D eigenvalue weighted by Crippen LogP contribution is -2.24. The molecule has 2 aromatic carbocycles. The van der Waals surface area contributed by atoms with Crippen molar-refractivity contribution < 1.29 is 27.5 Å². The number of alkyl halides is 3. The quantitative estimate of drug-likeness (QED) is 0.223. The summed E-state index contributed by atoms with van der Waals surface area (Å²) in [4.78, 5) is 4.83. The van der Waals surface area contributed by atoms with Crippen LogP contribution in [-0.2, 0) is 11.4 Å². The van der Waals surface area contributed by atoms with E-state index in [9.17, 15) is 13.2 Å². The second-order valence-electron chi connectivity index (χ2n) is 7.13. The van der Waals surface area contributed by atoms with Gasteiger partial charge in [-0.05, 0) is 17.6 Å². The molecule has 0 N–H and O–H groups in total. The molecular formula is C22H20Cl4F3NO3. The van der Waals surface area contributed by atoms with Crippen LogP contribution < -0.4 is 9.47 Å². The first-order valence-corrected chi connectivity index (χ1v) is 11.1. The Balaban J connectivity index is 2.08. The smallest absolute Gasteiger partial charge is 0.437 e. The number of ether oxygens (including phenoxy) is 2. The Labute approximate surface area is 209 Å². The zero-order valence-corrected chi connectivity index (χ0v) is 20.6. The van der Waals surface area contributed by atoms with Crippen molar-refractivity contribution in [2.75, 3.05) is 13.2 Å². The predicted molar refractivity (Wildman–Crippen MR) is 126 cm³/mol. The fraction of sp³-hybridized carbons (Fsp3) is 0.318. The third-order valence-corrected chi connectivity index (χ3v) is 4.77. The van der Waals surface area contributed by atoms with Crippen LogP contribution in [0.2, 0.25) is 10.0 Å². The molecule has 0 bridgehead atoms. The number of nitrogens with zero attached hydrogens (tertiary/aromatic N) is 1. The maximum Gasteiger partial charge on any atom is 0.437 e. The van der Waals surface area contributed by atoms with E-state index < -0.39 is 11.9 Å². The van der Waals surface area contributed by atoms with E-state index in [2.05, 4.69) is 5.16 Å². The van der Waals surface area contributed by atoms with Gasteiger partial charge in [0.05, 0.1) is 10.0 Å². The van der Waals surface area contributed by atoms with E-state index in [0.717, 1.165) is 0 Å². The van der Waals surface area contributed by atoms with Gasteiger partial charge < -0.3 is 14.3 Å². The summed E-state index contributed by atoms with van der Waals surface area (Å²) in [7, 11) is 0. The van der Waals surface area contributed by atoms with Gasteiger partial charge in [-0.3, -0.25) is 0 Å². The zero-order chi connectivity index (χ0) is 24.6. The highest BCUT2D eigenvalue weighted by atomic mass is 35.5. The van der Waals surface area contributed by atoms with Crippen LogP contribution in [0, 0.1) is 5.92 Å². The van der Waals surface area contributed by atoms with Crippen LogP contribution in [0.5, 0.6) is 11.5 Å². The molecule has 0 amide bonds. The lowest BCUT2D eigenvalue weighted by atomic mass is 10.1. The first-order chi connectivity index (χ1) is 15.5.